The predicted molar refractivity (Wildman–Crippen MR) is 53.3 cm³/mol. The highest BCUT2D eigenvalue weighted by Crippen LogP contribution is 2.25. The van der Waals surface area contributed by atoms with Crippen LogP contribution in [0.3, 0.4) is 0 Å². The second-order valence-corrected chi connectivity index (χ2v) is 3.99. The molecule has 0 aromatic heterocycles. The molecular weight excluding hydrogens is 164 g/mol. The molecule has 0 spiro atoms. The zero-order valence-corrected chi connectivity index (χ0v) is 8.62. The SMILES string of the molecule is CCCC(N)CC(=O)N(C)C1CC1. The Balaban J connectivity index is 2.22. The number of hydrogen-bond donors (Lipinski definition) is 1. The van der Waals surface area contributed by atoms with Gasteiger partial charge in [-0.25, -0.2) is 0 Å². The first-order valence-corrected chi connectivity index (χ1v) is 5.16. The van der Waals surface area contributed by atoms with Crippen molar-refractivity contribution < 1.29 is 4.79 Å². The van der Waals surface area contributed by atoms with Gasteiger partial charge in [-0.15, -0.1) is 0 Å². The van der Waals surface area contributed by atoms with Crippen LogP contribution in [-0.2, 0) is 4.79 Å². The minimum Gasteiger partial charge on any atom is -0.343 e. The number of carbonyl (C=O) groups is 1. The molecule has 0 aliphatic heterocycles. The quantitative estimate of drug-likeness (QED) is 0.696. The maximum atomic E-state index is 11.6. The molecule has 1 unspecified atom stereocenters. The van der Waals surface area contributed by atoms with Gasteiger partial charge in [-0.3, -0.25) is 4.79 Å². The van der Waals surface area contributed by atoms with Gasteiger partial charge in [0.1, 0.15) is 0 Å². The summed E-state index contributed by atoms with van der Waals surface area (Å²) in [5, 5.41) is 0. The number of nitrogens with zero attached hydrogens (tertiary/aromatic N) is 1. The van der Waals surface area contributed by atoms with E-state index in [2.05, 4.69) is 6.92 Å². The van der Waals surface area contributed by atoms with E-state index in [1.54, 1.807) is 0 Å². The molecule has 1 amide bonds. The predicted octanol–water partition coefficient (Wildman–Crippen LogP) is 1.12. The number of carbonyl (C=O) groups excluding carboxylic acids is 1. The van der Waals surface area contributed by atoms with E-state index in [0.29, 0.717) is 12.5 Å². The zero-order chi connectivity index (χ0) is 9.84. The van der Waals surface area contributed by atoms with Gasteiger partial charge < -0.3 is 10.6 Å². The molecular formula is C10H20N2O. The molecule has 0 bridgehead atoms. The number of rotatable bonds is 5. The fraction of sp³-hybridized carbons (Fsp3) is 0.900. The van der Waals surface area contributed by atoms with Crippen LogP contribution in [0.5, 0.6) is 0 Å². The lowest BCUT2D eigenvalue weighted by Crippen LogP contribution is -2.34. The molecule has 1 aliphatic rings. The first-order valence-electron chi connectivity index (χ1n) is 5.16. The van der Waals surface area contributed by atoms with Crippen molar-refractivity contribution in [2.24, 2.45) is 5.73 Å². The molecule has 1 atom stereocenters. The Hall–Kier alpha value is -0.570. The Morgan fingerprint density at radius 2 is 2.23 bits per heavy atom. The fourth-order valence-electron chi connectivity index (χ4n) is 1.51. The zero-order valence-electron chi connectivity index (χ0n) is 8.62. The van der Waals surface area contributed by atoms with Crippen LogP contribution in [0.15, 0.2) is 0 Å². The Kier molecular flexibility index (Phi) is 3.72. The first kappa shape index (κ1) is 10.5. The monoisotopic (exact) mass is 184 g/mol. The lowest BCUT2D eigenvalue weighted by molar-refractivity contribution is -0.130. The summed E-state index contributed by atoms with van der Waals surface area (Å²) in [7, 11) is 1.89. The number of nitrogens with two attached hydrogens (primary N) is 1. The van der Waals surface area contributed by atoms with E-state index in [-0.39, 0.29) is 11.9 Å². The summed E-state index contributed by atoms with van der Waals surface area (Å²) in [6.07, 6.45) is 4.86. The maximum absolute atomic E-state index is 11.6. The fourth-order valence-corrected chi connectivity index (χ4v) is 1.51. The molecule has 3 heteroatoms. The third-order valence-electron chi connectivity index (χ3n) is 2.58. The van der Waals surface area contributed by atoms with Gasteiger partial charge in [0, 0.05) is 25.6 Å². The van der Waals surface area contributed by atoms with Gasteiger partial charge in [-0.05, 0) is 19.3 Å². The van der Waals surface area contributed by atoms with Gasteiger partial charge in [-0.1, -0.05) is 13.3 Å². The lowest BCUT2D eigenvalue weighted by Gasteiger charge is -2.18. The molecule has 1 fully saturated rings. The average molecular weight is 184 g/mol. The van der Waals surface area contributed by atoms with Gasteiger partial charge in [0.15, 0.2) is 0 Å². The highest BCUT2D eigenvalue weighted by molar-refractivity contribution is 5.77. The van der Waals surface area contributed by atoms with E-state index in [1.165, 1.54) is 12.8 Å². The Bertz CT molecular complexity index is 178. The molecule has 1 rings (SSSR count). The summed E-state index contributed by atoms with van der Waals surface area (Å²) in [5.74, 6) is 0.212. The van der Waals surface area contributed by atoms with Crippen molar-refractivity contribution >= 4 is 5.91 Å². The molecule has 0 saturated heterocycles. The van der Waals surface area contributed by atoms with Gasteiger partial charge in [0.2, 0.25) is 5.91 Å². The second-order valence-electron chi connectivity index (χ2n) is 3.99. The normalized spacial score (nSPS) is 18.4. The van der Waals surface area contributed by atoms with Gasteiger partial charge >= 0.3 is 0 Å². The van der Waals surface area contributed by atoms with E-state index < -0.39 is 0 Å². The summed E-state index contributed by atoms with van der Waals surface area (Å²) in [4.78, 5) is 13.4. The van der Waals surface area contributed by atoms with Crippen molar-refractivity contribution in [3.8, 4) is 0 Å². The summed E-state index contributed by atoms with van der Waals surface area (Å²) in [6, 6.07) is 0.569. The first-order chi connectivity index (χ1) is 6.15. The highest BCUT2D eigenvalue weighted by atomic mass is 16.2. The van der Waals surface area contributed by atoms with Crippen molar-refractivity contribution in [2.45, 2.75) is 51.1 Å². The van der Waals surface area contributed by atoms with Crippen LogP contribution in [0.25, 0.3) is 0 Å². The molecule has 3 nitrogen and oxygen atoms in total. The summed E-state index contributed by atoms with van der Waals surface area (Å²) >= 11 is 0. The number of hydrogen-bond acceptors (Lipinski definition) is 2. The molecule has 76 valence electrons. The van der Waals surface area contributed by atoms with Crippen molar-refractivity contribution in [2.75, 3.05) is 7.05 Å². The van der Waals surface area contributed by atoms with Gasteiger partial charge in [-0.2, -0.15) is 0 Å². The summed E-state index contributed by atoms with van der Waals surface area (Å²) in [6.45, 7) is 2.09. The standard InChI is InChI=1S/C10H20N2O/c1-3-4-8(11)7-10(13)12(2)9-5-6-9/h8-9H,3-7,11H2,1-2H3. The highest BCUT2D eigenvalue weighted by Gasteiger charge is 2.29. The van der Waals surface area contributed by atoms with Crippen LogP contribution < -0.4 is 5.73 Å². The van der Waals surface area contributed by atoms with Crippen LogP contribution in [0.2, 0.25) is 0 Å². The summed E-state index contributed by atoms with van der Waals surface area (Å²) in [5.41, 5.74) is 5.80. The molecule has 2 N–H and O–H groups in total. The topological polar surface area (TPSA) is 46.3 Å². The minimum atomic E-state index is 0.0544. The lowest BCUT2D eigenvalue weighted by atomic mass is 10.1. The van der Waals surface area contributed by atoms with Crippen LogP contribution in [0.1, 0.15) is 39.0 Å². The Labute approximate surface area is 80.3 Å². The van der Waals surface area contributed by atoms with Gasteiger partial charge in [0.05, 0.1) is 0 Å². The van der Waals surface area contributed by atoms with Crippen molar-refractivity contribution in [1.82, 2.24) is 4.90 Å². The molecule has 13 heavy (non-hydrogen) atoms. The van der Waals surface area contributed by atoms with Crippen LogP contribution >= 0.6 is 0 Å². The van der Waals surface area contributed by atoms with Crippen molar-refractivity contribution in [1.29, 1.82) is 0 Å². The van der Waals surface area contributed by atoms with Crippen molar-refractivity contribution in [3.63, 3.8) is 0 Å². The van der Waals surface area contributed by atoms with E-state index in [4.69, 9.17) is 5.73 Å². The van der Waals surface area contributed by atoms with Gasteiger partial charge in [0.25, 0.3) is 0 Å². The Morgan fingerprint density at radius 3 is 2.69 bits per heavy atom. The summed E-state index contributed by atoms with van der Waals surface area (Å²) < 4.78 is 0. The maximum Gasteiger partial charge on any atom is 0.224 e. The molecule has 0 heterocycles. The van der Waals surface area contributed by atoms with E-state index in [1.807, 2.05) is 11.9 Å². The van der Waals surface area contributed by atoms with Crippen LogP contribution in [0.4, 0.5) is 0 Å². The molecule has 0 aromatic rings. The van der Waals surface area contributed by atoms with E-state index in [9.17, 15) is 4.79 Å². The smallest absolute Gasteiger partial charge is 0.224 e. The van der Waals surface area contributed by atoms with Crippen LogP contribution in [-0.4, -0.2) is 29.9 Å². The molecule has 1 saturated carbocycles. The third-order valence-corrected chi connectivity index (χ3v) is 2.58. The second kappa shape index (κ2) is 4.61. The minimum absolute atomic E-state index is 0.0544. The largest absolute Gasteiger partial charge is 0.343 e. The molecule has 1 aliphatic carbocycles. The van der Waals surface area contributed by atoms with Crippen LogP contribution in [0, 0.1) is 0 Å². The number of amides is 1. The average Bonchev–Trinajstić information content (AvgIpc) is 2.85. The molecule has 0 radical (unpaired) electrons. The third kappa shape index (κ3) is 3.35. The van der Waals surface area contributed by atoms with E-state index >= 15 is 0 Å². The van der Waals surface area contributed by atoms with E-state index in [0.717, 1.165) is 12.8 Å². The van der Waals surface area contributed by atoms with Crippen molar-refractivity contribution in [3.05, 3.63) is 0 Å². The molecule has 0 aromatic carbocycles. The Morgan fingerprint density at radius 1 is 1.62 bits per heavy atom.